The van der Waals surface area contributed by atoms with Gasteiger partial charge in [-0.1, -0.05) is 65.3 Å². The van der Waals surface area contributed by atoms with Crippen LogP contribution in [0, 0.1) is 6.92 Å². The van der Waals surface area contributed by atoms with E-state index < -0.39 is 0 Å². The number of aryl methyl sites for hydroxylation is 1. The molecule has 0 spiro atoms. The Labute approximate surface area is 238 Å². The number of ether oxygens (including phenoxy) is 1. The van der Waals surface area contributed by atoms with E-state index in [0.29, 0.717) is 22.4 Å². The van der Waals surface area contributed by atoms with Gasteiger partial charge < -0.3 is 14.5 Å². The van der Waals surface area contributed by atoms with Crippen molar-refractivity contribution >= 4 is 28.7 Å². The van der Waals surface area contributed by atoms with Crippen LogP contribution in [-0.2, 0) is 16.2 Å². The number of carbonyl (C=O) groups is 1. The Bertz CT molecular complexity index is 1710. The van der Waals surface area contributed by atoms with Crippen molar-refractivity contribution in [3.8, 4) is 17.1 Å². The van der Waals surface area contributed by atoms with E-state index in [0.717, 1.165) is 22.4 Å². The smallest absolute Gasteiger partial charge is 0.267 e. The molecule has 206 valence electrons. The van der Waals surface area contributed by atoms with Crippen molar-refractivity contribution in [1.82, 2.24) is 9.55 Å². The van der Waals surface area contributed by atoms with Crippen molar-refractivity contribution in [3.05, 3.63) is 125 Å². The number of nitrogens with zero attached hydrogens (tertiary/aromatic N) is 4. The summed E-state index contributed by atoms with van der Waals surface area (Å²) >= 11 is 0. The molecule has 0 fully saturated rings. The van der Waals surface area contributed by atoms with Gasteiger partial charge in [-0.05, 0) is 61.0 Å². The molecule has 0 bridgehead atoms. The van der Waals surface area contributed by atoms with Crippen LogP contribution in [0.25, 0.3) is 22.3 Å². The highest BCUT2D eigenvalue weighted by Gasteiger charge is 2.19. The Morgan fingerprint density at radius 3 is 2.37 bits per heavy atom. The first-order valence-electron chi connectivity index (χ1n) is 13.2. The fourth-order valence-corrected chi connectivity index (χ4v) is 4.46. The van der Waals surface area contributed by atoms with Crippen LogP contribution in [0.4, 0.5) is 5.69 Å². The maximum Gasteiger partial charge on any atom is 0.267 e. The first-order chi connectivity index (χ1) is 20.0. The summed E-state index contributed by atoms with van der Waals surface area (Å²) in [4.78, 5) is 38.9. The van der Waals surface area contributed by atoms with Gasteiger partial charge in [-0.15, -0.1) is 0 Å². The molecule has 5 aromatic rings. The highest BCUT2D eigenvalue weighted by atomic mass is 16.6. The fraction of sp³-hybridized carbons (Fsp3) is 0.152. The van der Waals surface area contributed by atoms with E-state index in [2.05, 4.69) is 5.16 Å². The minimum Gasteiger partial charge on any atom is -0.497 e. The highest BCUT2D eigenvalue weighted by molar-refractivity contribution is 5.94. The first-order valence-corrected chi connectivity index (χ1v) is 13.2. The average molecular weight is 547 g/mol. The molecular formula is C33H30N4O4. The topological polar surface area (TPSA) is 86.0 Å². The Morgan fingerprint density at radius 2 is 1.63 bits per heavy atom. The zero-order chi connectivity index (χ0) is 28.6. The molecule has 0 atom stereocenters. The molecule has 0 saturated carbocycles. The van der Waals surface area contributed by atoms with E-state index in [9.17, 15) is 9.59 Å². The molecule has 0 N–H and O–H groups in total. The molecule has 5 rings (SSSR count). The molecule has 0 aliphatic carbocycles. The van der Waals surface area contributed by atoms with Crippen LogP contribution in [0.1, 0.15) is 11.1 Å². The van der Waals surface area contributed by atoms with Gasteiger partial charge in [0.05, 0.1) is 24.2 Å². The van der Waals surface area contributed by atoms with E-state index in [-0.39, 0.29) is 31.2 Å². The lowest BCUT2D eigenvalue weighted by Crippen LogP contribution is -2.38. The highest BCUT2D eigenvalue weighted by Crippen LogP contribution is 2.20. The first kappa shape index (κ1) is 27.3. The number of hydrogen-bond donors (Lipinski definition) is 0. The SMILES string of the molecule is COc1ccc(C=NOCC(=O)N(CCn2c(-c3ccccc3)nc3ccccc3c2=O)c2ccc(C)cc2)cc1. The number of amides is 1. The normalized spacial score (nSPS) is 11.1. The summed E-state index contributed by atoms with van der Waals surface area (Å²) in [5.41, 5.74) is 3.87. The van der Waals surface area contributed by atoms with Gasteiger partial charge in [0.2, 0.25) is 0 Å². The van der Waals surface area contributed by atoms with E-state index >= 15 is 0 Å². The second kappa shape index (κ2) is 12.7. The molecule has 4 aromatic carbocycles. The molecule has 1 amide bonds. The van der Waals surface area contributed by atoms with E-state index in [1.54, 1.807) is 22.6 Å². The molecule has 1 aromatic heterocycles. The molecule has 8 heteroatoms. The third-order valence-corrected chi connectivity index (χ3v) is 6.67. The van der Waals surface area contributed by atoms with E-state index in [1.165, 1.54) is 6.21 Å². The molecule has 0 saturated heterocycles. The lowest BCUT2D eigenvalue weighted by molar-refractivity contribution is -0.123. The van der Waals surface area contributed by atoms with Gasteiger partial charge in [-0.2, -0.15) is 0 Å². The third-order valence-electron chi connectivity index (χ3n) is 6.67. The van der Waals surface area contributed by atoms with Crippen LogP contribution >= 0.6 is 0 Å². The molecule has 0 radical (unpaired) electrons. The lowest BCUT2D eigenvalue weighted by Gasteiger charge is -2.24. The molecule has 0 aliphatic rings. The summed E-state index contributed by atoms with van der Waals surface area (Å²) in [5.74, 6) is 0.998. The Hall–Kier alpha value is -5.24. The van der Waals surface area contributed by atoms with E-state index in [1.807, 2.05) is 104 Å². The summed E-state index contributed by atoms with van der Waals surface area (Å²) in [6.07, 6.45) is 1.54. The van der Waals surface area contributed by atoms with Gasteiger partial charge in [-0.25, -0.2) is 4.98 Å². The number of oxime groups is 1. The maximum absolute atomic E-state index is 13.6. The Kier molecular flexibility index (Phi) is 8.49. The van der Waals surface area contributed by atoms with Gasteiger partial charge >= 0.3 is 0 Å². The second-order valence-electron chi connectivity index (χ2n) is 9.44. The number of anilines is 1. The minimum absolute atomic E-state index is 0.161. The van der Waals surface area contributed by atoms with Crippen molar-refractivity contribution in [2.75, 3.05) is 25.2 Å². The van der Waals surface area contributed by atoms with Crippen LogP contribution in [0.15, 0.2) is 113 Å². The van der Waals surface area contributed by atoms with Gasteiger partial charge in [-0.3, -0.25) is 14.2 Å². The number of methoxy groups -OCH3 is 1. The predicted molar refractivity (Wildman–Crippen MR) is 162 cm³/mol. The monoisotopic (exact) mass is 546 g/mol. The number of para-hydroxylation sites is 1. The molecule has 8 nitrogen and oxygen atoms in total. The molecule has 0 unspecified atom stereocenters. The van der Waals surface area contributed by atoms with Crippen molar-refractivity contribution in [2.45, 2.75) is 13.5 Å². The minimum atomic E-state index is -0.288. The van der Waals surface area contributed by atoms with Crippen LogP contribution in [-0.4, -0.2) is 41.9 Å². The van der Waals surface area contributed by atoms with Crippen LogP contribution < -0.4 is 15.2 Å². The summed E-state index contributed by atoms with van der Waals surface area (Å²) in [7, 11) is 1.60. The number of aromatic nitrogens is 2. The van der Waals surface area contributed by atoms with Gasteiger partial charge in [0, 0.05) is 24.3 Å². The van der Waals surface area contributed by atoms with Crippen molar-refractivity contribution in [2.24, 2.45) is 5.16 Å². The predicted octanol–water partition coefficient (Wildman–Crippen LogP) is 5.46. The quantitative estimate of drug-likeness (QED) is 0.171. The van der Waals surface area contributed by atoms with Gasteiger partial charge in [0.25, 0.3) is 11.5 Å². The standard InChI is InChI=1S/C33H30N4O4/c1-24-12-16-27(17-13-24)36(31(38)23-41-34-22-25-14-18-28(40-2)19-15-25)20-21-37-32(26-8-4-3-5-9-26)35-30-11-7-6-10-29(30)33(37)39/h3-19,22H,20-21,23H2,1-2H3. The third kappa shape index (κ3) is 6.50. The number of fused-ring (bicyclic) bond motifs is 1. The van der Waals surface area contributed by atoms with Crippen molar-refractivity contribution in [1.29, 1.82) is 0 Å². The summed E-state index contributed by atoms with van der Waals surface area (Å²) in [6, 6.07) is 31.8. The van der Waals surface area contributed by atoms with Gasteiger partial charge in [0.1, 0.15) is 11.6 Å². The maximum atomic E-state index is 13.6. The van der Waals surface area contributed by atoms with Crippen molar-refractivity contribution < 1.29 is 14.4 Å². The number of carbonyl (C=O) groups excluding carboxylic acids is 1. The summed E-state index contributed by atoms with van der Waals surface area (Å²) in [6.45, 7) is 2.18. The molecular weight excluding hydrogens is 516 g/mol. The lowest BCUT2D eigenvalue weighted by atomic mass is 10.1. The number of hydrogen-bond acceptors (Lipinski definition) is 6. The fourth-order valence-electron chi connectivity index (χ4n) is 4.46. The average Bonchev–Trinajstić information content (AvgIpc) is 3.01. The number of rotatable bonds is 10. The van der Waals surface area contributed by atoms with Crippen LogP contribution in [0.3, 0.4) is 0 Å². The molecule has 0 aliphatic heterocycles. The zero-order valence-electron chi connectivity index (χ0n) is 22.9. The summed E-state index contributed by atoms with van der Waals surface area (Å²) < 4.78 is 6.80. The molecule has 1 heterocycles. The summed E-state index contributed by atoms with van der Waals surface area (Å²) in [5, 5.41) is 4.49. The second-order valence-corrected chi connectivity index (χ2v) is 9.44. The molecule has 41 heavy (non-hydrogen) atoms. The van der Waals surface area contributed by atoms with Gasteiger partial charge in [0.15, 0.2) is 6.61 Å². The van der Waals surface area contributed by atoms with Crippen molar-refractivity contribution in [3.63, 3.8) is 0 Å². The zero-order valence-corrected chi connectivity index (χ0v) is 22.9. The Morgan fingerprint density at radius 1 is 0.927 bits per heavy atom. The van der Waals surface area contributed by atoms with E-state index in [4.69, 9.17) is 14.6 Å². The number of benzene rings is 4. The van der Waals surface area contributed by atoms with Crippen LogP contribution in [0.2, 0.25) is 0 Å². The van der Waals surface area contributed by atoms with Crippen LogP contribution in [0.5, 0.6) is 5.75 Å². The largest absolute Gasteiger partial charge is 0.497 e. The Balaban J connectivity index is 1.39.